The molecule has 0 aliphatic heterocycles. The Balaban J connectivity index is 2.46. The van der Waals surface area contributed by atoms with E-state index < -0.39 is 0 Å². The molecule has 0 bridgehead atoms. The van der Waals surface area contributed by atoms with Gasteiger partial charge in [0.05, 0.1) is 18.2 Å². The summed E-state index contributed by atoms with van der Waals surface area (Å²) in [5.41, 5.74) is 3.87. The molecule has 0 aliphatic rings. The van der Waals surface area contributed by atoms with E-state index in [4.69, 9.17) is 0 Å². The SMILES string of the molecule is CNC(C)Cc1ccccc1-c1cncn1C(C)(C)C. The molecule has 1 heterocycles. The van der Waals surface area contributed by atoms with Crippen molar-refractivity contribution in [2.45, 2.75) is 45.7 Å². The van der Waals surface area contributed by atoms with Crippen molar-refractivity contribution in [1.29, 1.82) is 0 Å². The van der Waals surface area contributed by atoms with Crippen LogP contribution in [0, 0.1) is 0 Å². The van der Waals surface area contributed by atoms with Gasteiger partial charge in [-0.05, 0) is 46.7 Å². The van der Waals surface area contributed by atoms with E-state index >= 15 is 0 Å². The van der Waals surface area contributed by atoms with Gasteiger partial charge in [0, 0.05) is 17.1 Å². The van der Waals surface area contributed by atoms with Crippen molar-refractivity contribution < 1.29 is 0 Å². The zero-order valence-electron chi connectivity index (χ0n) is 13.1. The fraction of sp³-hybridized carbons (Fsp3) is 0.471. The first-order valence-electron chi connectivity index (χ1n) is 7.22. The summed E-state index contributed by atoms with van der Waals surface area (Å²) in [5, 5.41) is 3.31. The summed E-state index contributed by atoms with van der Waals surface area (Å²) in [6.07, 6.45) is 4.91. The van der Waals surface area contributed by atoms with Gasteiger partial charge in [-0.2, -0.15) is 0 Å². The zero-order valence-corrected chi connectivity index (χ0v) is 13.1. The number of imidazole rings is 1. The van der Waals surface area contributed by atoms with Crippen molar-refractivity contribution >= 4 is 0 Å². The van der Waals surface area contributed by atoms with E-state index in [0.717, 1.165) is 6.42 Å². The molecule has 1 aromatic heterocycles. The summed E-state index contributed by atoms with van der Waals surface area (Å²) < 4.78 is 2.25. The van der Waals surface area contributed by atoms with Crippen LogP contribution in [0.3, 0.4) is 0 Å². The minimum Gasteiger partial charge on any atom is -0.325 e. The second kappa shape index (κ2) is 5.80. The highest BCUT2D eigenvalue weighted by Crippen LogP contribution is 2.28. The van der Waals surface area contributed by atoms with Gasteiger partial charge >= 0.3 is 0 Å². The smallest absolute Gasteiger partial charge is 0.0955 e. The molecule has 1 atom stereocenters. The third-order valence-electron chi connectivity index (χ3n) is 3.67. The van der Waals surface area contributed by atoms with Crippen LogP contribution in [0.1, 0.15) is 33.3 Å². The van der Waals surface area contributed by atoms with Gasteiger partial charge in [-0.1, -0.05) is 24.3 Å². The molecule has 2 aromatic rings. The second-order valence-corrected chi connectivity index (χ2v) is 6.37. The van der Waals surface area contributed by atoms with Crippen LogP contribution in [0.2, 0.25) is 0 Å². The number of aromatic nitrogens is 2. The number of rotatable bonds is 4. The molecule has 0 fully saturated rings. The van der Waals surface area contributed by atoms with E-state index in [0.29, 0.717) is 6.04 Å². The summed E-state index contributed by atoms with van der Waals surface area (Å²) >= 11 is 0. The van der Waals surface area contributed by atoms with Crippen LogP contribution in [0.15, 0.2) is 36.8 Å². The number of hydrogen-bond donors (Lipinski definition) is 1. The molecule has 1 N–H and O–H groups in total. The van der Waals surface area contributed by atoms with Gasteiger partial charge in [0.1, 0.15) is 0 Å². The topological polar surface area (TPSA) is 29.9 Å². The van der Waals surface area contributed by atoms with Gasteiger partial charge in [0.15, 0.2) is 0 Å². The summed E-state index contributed by atoms with van der Waals surface area (Å²) in [4.78, 5) is 4.35. The standard InChI is InChI=1S/C17H25N3/c1-13(18-5)10-14-8-6-7-9-15(14)16-11-19-12-20(16)17(2,3)4/h6-9,11-13,18H,10H2,1-5H3. The maximum Gasteiger partial charge on any atom is 0.0955 e. The molecular formula is C17H25N3. The van der Waals surface area contributed by atoms with Crippen LogP contribution in [0.25, 0.3) is 11.3 Å². The van der Waals surface area contributed by atoms with Crippen LogP contribution in [-0.4, -0.2) is 22.6 Å². The molecule has 3 nitrogen and oxygen atoms in total. The summed E-state index contributed by atoms with van der Waals surface area (Å²) in [6.45, 7) is 8.82. The second-order valence-electron chi connectivity index (χ2n) is 6.37. The Morgan fingerprint density at radius 3 is 2.60 bits per heavy atom. The summed E-state index contributed by atoms with van der Waals surface area (Å²) in [7, 11) is 2.01. The lowest BCUT2D eigenvalue weighted by Crippen LogP contribution is -2.24. The quantitative estimate of drug-likeness (QED) is 0.923. The van der Waals surface area contributed by atoms with Gasteiger partial charge in [-0.3, -0.25) is 0 Å². The fourth-order valence-electron chi connectivity index (χ4n) is 2.41. The van der Waals surface area contributed by atoms with Crippen molar-refractivity contribution in [2.75, 3.05) is 7.05 Å². The third kappa shape index (κ3) is 3.10. The average Bonchev–Trinajstić information content (AvgIpc) is 2.88. The van der Waals surface area contributed by atoms with Gasteiger partial charge in [0.25, 0.3) is 0 Å². The Labute approximate surface area is 122 Å². The maximum atomic E-state index is 4.35. The van der Waals surface area contributed by atoms with Crippen molar-refractivity contribution in [3.8, 4) is 11.3 Å². The lowest BCUT2D eigenvalue weighted by molar-refractivity contribution is 0.400. The summed E-state index contributed by atoms with van der Waals surface area (Å²) in [5.74, 6) is 0. The fourth-order valence-corrected chi connectivity index (χ4v) is 2.41. The van der Waals surface area contributed by atoms with Gasteiger partial charge in [-0.25, -0.2) is 4.98 Å². The number of nitrogens with one attached hydrogen (secondary N) is 1. The Kier molecular flexibility index (Phi) is 4.29. The molecule has 0 spiro atoms. The number of likely N-dealkylation sites (N-methyl/N-ethyl adjacent to an activating group) is 1. The molecule has 0 amide bonds. The minimum atomic E-state index is 0.0353. The van der Waals surface area contributed by atoms with E-state index in [-0.39, 0.29) is 5.54 Å². The molecule has 0 radical (unpaired) electrons. The first-order chi connectivity index (χ1) is 9.43. The first kappa shape index (κ1) is 14.8. The number of hydrogen-bond acceptors (Lipinski definition) is 2. The molecule has 108 valence electrons. The van der Waals surface area contributed by atoms with E-state index in [2.05, 4.69) is 66.8 Å². The average molecular weight is 271 g/mol. The molecular weight excluding hydrogens is 246 g/mol. The predicted molar refractivity (Wildman–Crippen MR) is 84.9 cm³/mol. The minimum absolute atomic E-state index is 0.0353. The highest BCUT2D eigenvalue weighted by Gasteiger charge is 2.19. The predicted octanol–water partition coefficient (Wildman–Crippen LogP) is 3.46. The highest BCUT2D eigenvalue weighted by molar-refractivity contribution is 5.64. The Morgan fingerprint density at radius 1 is 1.25 bits per heavy atom. The van der Waals surface area contributed by atoms with Crippen LogP contribution in [0.4, 0.5) is 0 Å². The van der Waals surface area contributed by atoms with Crippen molar-refractivity contribution in [3.05, 3.63) is 42.4 Å². The van der Waals surface area contributed by atoms with Gasteiger partial charge in [-0.15, -0.1) is 0 Å². The molecule has 0 aliphatic carbocycles. The van der Waals surface area contributed by atoms with E-state index in [1.165, 1.54) is 16.8 Å². The first-order valence-corrected chi connectivity index (χ1v) is 7.22. The lowest BCUT2D eigenvalue weighted by Gasteiger charge is -2.24. The van der Waals surface area contributed by atoms with E-state index in [1.54, 1.807) is 0 Å². The van der Waals surface area contributed by atoms with E-state index in [9.17, 15) is 0 Å². The molecule has 20 heavy (non-hydrogen) atoms. The Morgan fingerprint density at radius 2 is 1.95 bits per heavy atom. The largest absolute Gasteiger partial charge is 0.325 e. The Bertz CT molecular complexity index is 564. The number of nitrogens with zero attached hydrogens (tertiary/aromatic N) is 2. The molecule has 0 saturated heterocycles. The highest BCUT2D eigenvalue weighted by atomic mass is 15.1. The molecule has 2 rings (SSSR count). The zero-order chi connectivity index (χ0) is 14.8. The van der Waals surface area contributed by atoms with Crippen LogP contribution >= 0.6 is 0 Å². The van der Waals surface area contributed by atoms with Crippen molar-refractivity contribution in [2.24, 2.45) is 0 Å². The number of benzene rings is 1. The lowest BCUT2D eigenvalue weighted by atomic mass is 9.98. The summed E-state index contributed by atoms with van der Waals surface area (Å²) in [6, 6.07) is 9.07. The van der Waals surface area contributed by atoms with E-state index in [1.807, 2.05) is 19.6 Å². The monoisotopic (exact) mass is 271 g/mol. The van der Waals surface area contributed by atoms with Crippen LogP contribution in [-0.2, 0) is 12.0 Å². The van der Waals surface area contributed by atoms with Crippen molar-refractivity contribution in [3.63, 3.8) is 0 Å². The normalized spacial score (nSPS) is 13.4. The van der Waals surface area contributed by atoms with Gasteiger partial charge < -0.3 is 9.88 Å². The van der Waals surface area contributed by atoms with Crippen molar-refractivity contribution in [1.82, 2.24) is 14.9 Å². The third-order valence-corrected chi connectivity index (χ3v) is 3.67. The van der Waals surface area contributed by atoms with Crippen LogP contribution < -0.4 is 5.32 Å². The molecule has 1 aromatic carbocycles. The van der Waals surface area contributed by atoms with Crippen LogP contribution in [0.5, 0.6) is 0 Å². The Hall–Kier alpha value is -1.61. The molecule has 1 unspecified atom stereocenters. The molecule has 0 saturated carbocycles. The maximum absolute atomic E-state index is 4.35. The molecule has 3 heteroatoms. The van der Waals surface area contributed by atoms with Gasteiger partial charge in [0.2, 0.25) is 0 Å².